The van der Waals surface area contributed by atoms with Crippen molar-refractivity contribution in [2.75, 3.05) is 20.7 Å². The van der Waals surface area contributed by atoms with E-state index in [0.29, 0.717) is 0 Å². The molecule has 0 heterocycles. The van der Waals surface area contributed by atoms with Crippen molar-refractivity contribution in [1.82, 2.24) is 5.06 Å². The highest BCUT2D eigenvalue weighted by molar-refractivity contribution is 5.14. The quantitative estimate of drug-likeness (QED) is 0.642. The zero-order valence-electron chi connectivity index (χ0n) is 8.36. The smallest absolute Gasteiger partial charge is 0.0575 e. The van der Waals surface area contributed by atoms with Crippen LogP contribution in [0.1, 0.15) is 12.0 Å². The van der Waals surface area contributed by atoms with Crippen molar-refractivity contribution in [3.8, 4) is 0 Å². The summed E-state index contributed by atoms with van der Waals surface area (Å²) in [5, 5.41) is 1.85. The molecule has 0 N–H and O–H groups in total. The lowest BCUT2D eigenvalue weighted by molar-refractivity contribution is -0.109. The van der Waals surface area contributed by atoms with Crippen molar-refractivity contribution in [3.63, 3.8) is 0 Å². The molecule has 0 unspecified atom stereocenters. The SMILES string of the molecule is CON(C)CCCc1ccccc1. The van der Waals surface area contributed by atoms with Gasteiger partial charge in [-0.2, -0.15) is 5.06 Å². The number of rotatable bonds is 5. The van der Waals surface area contributed by atoms with Crippen LogP contribution in [-0.2, 0) is 11.3 Å². The minimum absolute atomic E-state index is 0.978. The first-order valence-electron chi connectivity index (χ1n) is 4.62. The van der Waals surface area contributed by atoms with Gasteiger partial charge in [0.25, 0.3) is 0 Å². The molecule has 0 amide bonds. The first kappa shape index (κ1) is 10.2. The van der Waals surface area contributed by atoms with E-state index in [-0.39, 0.29) is 0 Å². The average Bonchev–Trinajstić information content (AvgIpc) is 2.19. The summed E-state index contributed by atoms with van der Waals surface area (Å²) in [5.74, 6) is 0. The van der Waals surface area contributed by atoms with Crippen LogP contribution in [0.2, 0.25) is 0 Å². The minimum Gasteiger partial charge on any atom is -0.303 e. The second-order valence-electron chi connectivity index (χ2n) is 3.12. The van der Waals surface area contributed by atoms with E-state index in [1.807, 2.05) is 18.2 Å². The lowest BCUT2D eigenvalue weighted by atomic mass is 10.1. The molecule has 0 saturated carbocycles. The van der Waals surface area contributed by atoms with Crippen LogP contribution in [0.4, 0.5) is 0 Å². The number of nitrogens with zero attached hydrogens (tertiary/aromatic N) is 1. The molecule has 1 rings (SSSR count). The average molecular weight is 179 g/mol. The Labute approximate surface area is 80.1 Å². The first-order valence-corrected chi connectivity index (χ1v) is 4.62. The van der Waals surface area contributed by atoms with E-state index in [2.05, 4.69) is 24.3 Å². The Morgan fingerprint density at radius 3 is 2.54 bits per heavy atom. The maximum atomic E-state index is 5.02. The fourth-order valence-corrected chi connectivity index (χ4v) is 1.24. The van der Waals surface area contributed by atoms with Crippen molar-refractivity contribution >= 4 is 0 Å². The number of aryl methyl sites for hydroxylation is 1. The van der Waals surface area contributed by atoms with Gasteiger partial charge in [-0.05, 0) is 18.4 Å². The van der Waals surface area contributed by atoms with Gasteiger partial charge in [-0.15, -0.1) is 0 Å². The second kappa shape index (κ2) is 5.73. The molecule has 1 aromatic rings. The molecule has 0 spiro atoms. The predicted molar refractivity (Wildman–Crippen MR) is 54.4 cm³/mol. The molecular formula is C11H17NO. The zero-order valence-corrected chi connectivity index (χ0v) is 8.36. The van der Waals surface area contributed by atoms with Crippen molar-refractivity contribution in [2.45, 2.75) is 12.8 Å². The van der Waals surface area contributed by atoms with Crippen LogP contribution < -0.4 is 0 Å². The Morgan fingerprint density at radius 2 is 1.92 bits per heavy atom. The van der Waals surface area contributed by atoms with Gasteiger partial charge in [0.1, 0.15) is 0 Å². The Bertz CT molecular complexity index is 223. The molecule has 0 fully saturated rings. The monoisotopic (exact) mass is 179 g/mol. The molecule has 0 atom stereocenters. The highest BCUT2D eigenvalue weighted by Crippen LogP contribution is 2.02. The Hall–Kier alpha value is -0.860. The minimum atomic E-state index is 0.978. The summed E-state index contributed by atoms with van der Waals surface area (Å²) >= 11 is 0. The molecule has 0 radical (unpaired) electrons. The standard InChI is InChI=1S/C11H17NO/c1-12(13-2)10-6-9-11-7-4-3-5-8-11/h3-5,7-8H,6,9-10H2,1-2H3. The van der Waals surface area contributed by atoms with Gasteiger partial charge in [0.05, 0.1) is 7.11 Å². The molecule has 13 heavy (non-hydrogen) atoms. The summed E-state index contributed by atoms with van der Waals surface area (Å²) < 4.78 is 0. The van der Waals surface area contributed by atoms with Gasteiger partial charge < -0.3 is 4.84 Å². The number of hydrogen-bond acceptors (Lipinski definition) is 2. The molecule has 72 valence electrons. The number of hydroxylamine groups is 2. The van der Waals surface area contributed by atoms with E-state index in [0.717, 1.165) is 19.4 Å². The van der Waals surface area contributed by atoms with Gasteiger partial charge in [-0.3, -0.25) is 0 Å². The molecule has 0 aromatic heterocycles. The third-order valence-electron chi connectivity index (χ3n) is 2.09. The van der Waals surface area contributed by atoms with E-state index < -0.39 is 0 Å². The molecule has 0 aliphatic rings. The van der Waals surface area contributed by atoms with Crippen molar-refractivity contribution in [3.05, 3.63) is 35.9 Å². The fraction of sp³-hybridized carbons (Fsp3) is 0.455. The van der Waals surface area contributed by atoms with Gasteiger partial charge >= 0.3 is 0 Å². The predicted octanol–water partition coefficient (Wildman–Crippen LogP) is 2.11. The largest absolute Gasteiger partial charge is 0.303 e. The first-order chi connectivity index (χ1) is 6.33. The maximum Gasteiger partial charge on any atom is 0.0575 e. The lowest BCUT2D eigenvalue weighted by Crippen LogP contribution is -2.18. The van der Waals surface area contributed by atoms with Crippen molar-refractivity contribution in [1.29, 1.82) is 0 Å². The summed E-state index contributed by atoms with van der Waals surface area (Å²) in [6, 6.07) is 10.5. The van der Waals surface area contributed by atoms with Crippen LogP contribution in [0.15, 0.2) is 30.3 Å². The molecule has 0 bridgehead atoms. The fourth-order valence-electron chi connectivity index (χ4n) is 1.24. The third kappa shape index (κ3) is 4.06. The maximum absolute atomic E-state index is 5.02. The topological polar surface area (TPSA) is 12.5 Å². The highest BCUT2D eigenvalue weighted by Gasteiger charge is 1.95. The Kier molecular flexibility index (Phi) is 4.50. The molecule has 2 nitrogen and oxygen atoms in total. The van der Waals surface area contributed by atoms with Gasteiger partial charge in [0, 0.05) is 13.6 Å². The van der Waals surface area contributed by atoms with Crippen LogP contribution in [0.5, 0.6) is 0 Å². The molecule has 0 aliphatic heterocycles. The molecule has 2 heteroatoms. The Balaban J connectivity index is 2.20. The van der Waals surface area contributed by atoms with Gasteiger partial charge in [0.15, 0.2) is 0 Å². The lowest BCUT2D eigenvalue weighted by Gasteiger charge is -2.12. The van der Waals surface area contributed by atoms with Crippen LogP contribution in [0, 0.1) is 0 Å². The summed E-state index contributed by atoms with van der Waals surface area (Å²) in [7, 11) is 3.65. The second-order valence-corrected chi connectivity index (χ2v) is 3.12. The molecule has 0 saturated heterocycles. The zero-order chi connectivity index (χ0) is 9.52. The van der Waals surface area contributed by atoms with Crippen molar-refractivity contribution < 1.29 is 4.84 Å². The Morgan fingerprint density at radius 1 is 1.23 bits per heavy atom. The number of hydrogen-bond donors (Lipinski definition) is 0. The van der Waals surface area contributed by atoms with Gasteiger partial charge in [-0.1, -0.05) is 30.3 Å². The summed E-state index contributed by atoms with van der Waals surface area (Å²) in [4.78, 5) is 5.02. The normalized spacial score (nSPS) is 10.7. The van der Waals surface area contributed by atoms with Gasteiger partial charge in [0.2, 0.25) is 0 Å². The van der Waals surface area contributed by atoms with E-state index in [9.17, 15) is 0 Å². The van der Waals surface area contributed by atoms with Crippen LogP contribution >= 0.6 is 0 Å². The van der Waals surface area contributed by atoms with E-state index >= 15 is 0 Å². The summed E-state index contributed by atoms with van der Waals surface area (Å²) in [6.07, 6.45) is 2.25. The van der Waals surface area contributed by atoms with Crippen LogP contribution in [-0.4, -0.2) is 25.8 Å². The molecular weight excluding hydrogens is 162 g/mol. The van der Waals surface area contributed by atoms with Crippen LogP contribution in [0.3, 0.4) is 0 Å². The summed E-state index contributed by atoms with van der Waals surface area (Å²) in [5.41, 5.74) is 1.40. The highest BCUT2D eigenvalue weighted by atomic mass is 16.7. The number of benzene rings is 1. The molecule has 1 aromatic carbocycles. The third-order valence-corrected chi connectivity index (χ3v) is 2.09. The summed E-state index contributed by atoms with van der Waals surface area (Å²) in [6.45, 7) is 0.978. The van der Waals surface area contributed by atoms with E-state index in [1.165, 1.54) is 5.56 Å². The van der Waals surface area contributed by atoms with E-state index in [4.69, 9.17) is 4.84 Å². The van der Waals surface area contributed by atoms with Gasteiger partial charge in [-0.25, -0.2) is 0 Å². The van der Waals surface area contributed by atoms with E-state index in [1.54, 1.807) is 7.11 Å². The molecule has 0 aliphatic carbocycles. The van der Waals surface area contributed by atoms with Crippen molar-refractivity contribution in [2.24, 2.45) is 0 Å². The van der Waals surface area contributed by atoms with Crippen LogP contribution in [0.25, 0.3) is 0 Å².